The van der Waals surface area contributed by atoms with Crippen LogP contribution in [0.15, 0.2) is 35.8 Å². The van der Waals surface area contributed by atoms with Crippen molar-refractivity contribution in [1.82, 2.24) is 10.3 Å². The molecular weight excluding hydrogens is 264 g/mol. The Morgan fingerprint density at radius 1 is 1.26 bits per heavy atom. The van der Waals surface area contributed by atoms with Crippen LogP contribution in [0.1, 0.15) is 15.9 Å². The quantitative estimate of drug-likeness (QED) is 0.790. The van der Waals surface area contributed by atoms with Gasteiger partial charge in [-0.25, -0.2) is 9.78 Å². The zero-order valence-corrected chi connectivity index (χ0v) is 10.7. The number of nitrogens with two attached hydrogens (primary N) is 1. The number of primary amides is 1. The zero-order chi connectivity index (χ0) is 13.7. The summed E-state index contributed by atoms with van der Waals surface area (Å²) in [5, 5.41) is 7.51. The predicted octanol–water partition coefficient (Wildman–Crippen LogP) is 1.56. The van der Waals surface area contributed by atoms with E-state index in [1.165, 1.54) is 11.3 Å². The first kappa shape index (κ1) is 13.0. The number of thiazole rings is 1. The van der Waals surface area contributed by atoms with Gasteiger partial charge in [0.05, 0.1) is 0 Å². The van der Waals surface area contributed by atoms with Crippen LogP contribution < -0.4 is 16.4 Å². The van der Waals surface area contributed by atoms with E-state index in [0.717, 1.165) is 5.56 Å². The van der Waals surface area contributed by atoms with Crippen molar-refractivity contribution in [1.29, 1.82) is 0 Å². The third-order valence-electron chi connectivity index (χ3n) is 2.34. The van der Waals surface area contributed by atoms with Crippen LogP contribution in [0.5, 0.6) is 0 Å². The number of hydrogen-bond acceptors (Lipinski definition) is 4. The Morgan fingerprint density at radius 3 is 2.58 bits per heavy atom. The summed E-state index contributed by atoms with van der Waals surface area (Å²) in [6.45, 7) is 0.337. The molecule has 0 radical (unpaired) electrons. The second-order valence-corrected chi connectivity index (χ2v) is 4.60. The summed E-state index contributed by atoms with van der Waals surface area (Å²) in [6, 6.07) is 6.30. The van der Waals surface area contributed by atoms with Crippen molar-refractivity contribution >= 4 is 28.4 Å². The number of urea groups is 1. The van der Waals surface area contributed by atoms with E-state index < -0.39 is 6.03 Å². The summed E-state index contributed by atoms with van der Waals surface area (Å²) in [5.41, 5.74) is 6.37. The normalized spacial score (nSPS) is 9.89. The van der Waals surface area contributed by atoms with Crippen LogP contribution in [-0.2, 0) is 6.54 Å². The number of aromatic nitrogens is 1. The van der Waals surface area contributed by atoms with Gasteiger partial charge in [0.15, 0.2) is 5.13 Å². The van der Waals surface area contributed by atoms with Gasteiger partial charge in [-0.05, 0) is 17.7 Å². The highest BCUT2D eigenvalue weighted by atomic mass is 32.1. The molecule has 0 aliphatic heterocycles. The summed E-state index contributed by atoms with van der Waals surface area (Å²) < 4.78 is 0. The van der Waals surface area contributed by atoms with E-state index in [9.17, 15) is 9.59 Å². The fourth-order valence-electron chi connectivity index (χ4n) is 1.42. The first-order valence-electron chi connectivity index (χ1n) is 5.48. The van der Waals surface area contributed by atoms with Crippen molar-refractivity contribution in [2.45, 2.75) is 6.54 Å². The van der Waals surface area contributed by atoms with Gasteiger partial charge >= 0.3 is 6.03 Å². The van der Waals surface area contributed by atoms with E-state index in [-0.39, 0.29) is 5.91 Å². The maximum absolute atomic E-state index is 11.9. The van der Waals surface area contributed by atoms with Gasteiger partial charge in [-0.2, -0.15) is 0 Å². The van der Waals surface area contributed by atoms with Crippen LogP contribution in [0.4, 0.5) is 9.93 Å². The van der Waals surface area contributed by atoms with Gasteiger partial charge < -0.3 is 11.1 Å². The van der Waals surface area contributed by atoms with Gasteiger partial charge in [0.1, 0.15) is 0 Å². The maximum atomic E-state index is 11.9. The lowest BCUT2D eigenvalue weighted by atomic mass is 10.1. The molecule has 7 heteroatoms. The van der Waals surface area contributed by atoms with Crippen molar-refractivity contribution < 1.29 is 9.59 Å². The number of hydrogen-bond donors (Lipinski definition) is 3. The lowest BCUT2D eigenvalue weighted by Crippen LogP contribution is -2.28. The number of anilines is 1. The number of benzene rings is 1. The molecule has 0 atom stereocenters. The van der Waals surface area contributed by atoms with Crippen LogP contribution in [0.25, 0.3) is 0 Å². The molecule has 0 aliphatic carbocycles. The molecule has 0 aliphatic rings. The van der Waals surface area contributed by atoms with Crippen molar-refractivity contribution in [3.63, 3.8) is 0 Å². The molecule has 0 spiro atoms. The van der Waals surface area contributed by atoms with Gasteiger partial charge in [-0.15, -0.1) is 11.3 Å². The molecule has 0 saturated heterocycles. The molecule has 0 saturated carbocycles. The number of nitrogens with zero attached hydrogens (tertiary/aromatic N) is 1. The molecule has 19 heavy (non-hydrogen) atoms. The summed E-state index contributed by atoms with van der Waals surface area (Å²) in [5.74, 6) is -0.218. The summed E-state index contributed by atoms with van der Waals surface area (Å²) >= 11 is 1.36. The number of rotatable bonds is 4. The van der Waals surface area contributed by atoms with E-state index in [4.69, 9.17) is 5.73 Å². The second-order valence-electron chi connectivity index (χ2n) is 3.71. The van der Waals surface area contributed by atoms with E-state index >= 15 is 0 Å². The van der Waals surface area contributed by atoms with Gasteiger partial charge in [0.2, 0.25) is 0 Å². The standard InChI is InChI=1S/C12H12N4O2S/c13-11(18)15-7-8-1-3-9(4-2-8)10(17)16-12-14-5-6-19-12/h1-6H,7H2,(H3,13,15,18)(H,14,16,17). The molecule has 0 unspecified atom stereocenters. The van der Waals surface area contributed by atoms with Gasteiger partial charge in [-0.1, -0.05) is 12.1 Å². The minimum absolute atomic E-state index is 0.218. The highest BCUT2D eigenvalue weighted by Gasteiger charge is 2.07. The number of nitrogens with one attached hydrogen (secondary N) is 2. The lowest BCUT2D eigenvalue weighted by molar-refractivity contribution is 0.102. The van der Waals surface area contributed by atoms with Crippen molar-refractivity contribution in [2.75, 3.05) is 5.32 Å². The second kappa shape index (κ2) is 5.96. The molecule has 3 amide bonds. The van der Waals surface area contributed by atoms with Crippen LogP contribution >= 0.6 is 11.3 Å². The lowest BCUT2D eigenvalue weighted by Gasteiger charge is -2.04. The molecule has 1 heterocycles. The van der Waals surface area contributed by atoms with Gasteiger partial charge in [-0.3, -0.25) is 10.1 Å². The van der Waals surface area contributed by atoms with Crippen LogP contribution in [0.3, 0.4) is 0 Å². The molecule has 1 aromatic heterocycles. The Kier molecular flexibility index (Phi) is 4.09. The average molecular weight is 276 g/mol. The van der Waals surface area contributed by atoms with Crippen LogP contribution in [0, 0.1) is 0 Å². The predicted molar refractivity (Wildman–Crippen MR) is 72.9 cm³/mol. The SMILES string of the molecule is NC(=O)NCc1ccc(C(=O)Nc2nccs2)cc1. The topological polar surface area (TPSA) is 97.1 Å². The first-order valence-corrected chi connectivity index (χ1v) is 6.36. The van der Waals surface area contributed by atoms with Crippen LogP contribution in [0.2, 0.25) is 0 Å². The van der Waals surface area contributed by atoms with E-state index in [1.54, 1.807) is 35.8 Å². The first-order chi connectivity index (χ1) is 9.15. The molecule has 98 valence electrons. The molecule has 0 fully saturated rings. The van der Waals surface area contributed by atoms with E-state index in [1.807, 2.05) is 0 Å². The molecule has 0 bridgehead atoms. The molecule has 4 N–H and O–H groups in total. The van der Waals surface area contributed by atoms with Gasteiger partial charge in [0.25, 0.3) is 5.91 Å². The summed E-state index contributed by atoms with van der Waals surface area (Å²) in [6.07, 6.45) is 1.62. The monoisotopic (exact) mass is 276 g/mol. The Labute approximate surface area is 113 Å². The molecule has 2 aromatic rings. The minimum atomic E-state index is -0.578. The van der Waals surface area contributed by atoms with Crippen molar-refractivity contribution in [2.24, 2.45) is 5.73 Å². The average Bonchev–Trinajstić information content (AvgIpc) is 2.89. The Morgan fingerprint density at radius 2 is 2.00 bits per heavy atom. The number of amides is 3. The zero-order valence-electron chi connectivity index (χ0n) is 9.92. The Bertz CT molecular complexity index is 566. The third-order valence-corrected chi connectivity index (χ3v) is 3.02. The molecule has 6 nitrogen and oxygen atoms in total. The van der Waals surface area contributed by atoms with E-state index in [2.05, 4.69) is 15.6 Å². The third kappa shape index (κ3) is 3.78. The minimum Gasteiger partial charge on any atom is -0.352 e. The summed E-state index contributed by atoms with van der Waals surface area (Å²) in [7, 11) is 0. The van der Waals surface area contributed by atoms with Gasteiger partial charge in [0, 0.05) is 23.7 Å². The Balaban J connectivity index is 1.97. The highest BCUT2D eigenvalue weighted by Crippen LogP contribution is 2.12. The smallest absolute Gasteiger partial charge is 0.312 e. The van der Waals surface area contributed by atoms with E-state index in [0.29, 0.717) is 17.2 Å². The summed E-state index contributed by atoms with van der Waals surface area (Å²) in [4.78, 5) is 26.4. The molecular formula is C12H12N4O2S. The maximum Gasteiger partial charge on any atom is 0.312 e. The highest BCUT2D eigenvalue weighted by molar-refractivity contribution is 7.13. The molecule has 1 aromatic carbocycles. The van der Waals surface area contributed by atoms with Crippen LogP contribution in [-0.4, -0.2) is 16.9 Å². The largest absolute Gasteiger partial charge is 0.352 e. The molecule has 2 rings (SSSR count). The fourth-order valence-corrected chi connectivity index (χ4v) is 1.94. The number of carbonyl (C=O) groups excluding carboxylic acids is 2. The van der Waals surface area contributed by atoms with Crippen molar-refractivity contribution in [3.05, 3.63) is 47.0 Å². The van der Waals surface area contributed by atoms with Crippen molar-refractivity contribution in [3.8, 4) is 0 Å². The Hall–Kier alpha value is -2.41. The fraction of sp³-hybridized carbons (Fsp3) is 0.0833. The number of carbonyl (C=O) groups is 2.